The molecule has 0 aromatic heterocycles. The maximum Gasteiger partial charge on any atom is 0.255 e. The van der Waals surface area contributed by atoms with Crippen molar-refractivity contribution in [1.29, 1.82) is 0 Å². The first-order valence-corrected chi connectivity index (χ1v) is 8.91. The molecule has 0 radical (unpaired) electrons. The van der Waals surface area contributed by atoms with Gasteiger partial charge in [-0.05, 0) is 37.0 Å². The van der Waals surface area contributed by atoms with Crippen LogP contribution in [-0.2, 0) is 16.1 Å². The summed E-state index contributed by atoms with van der Waals surface area (Å²) < 4.78 is 16.7. The average molecular weight is 348 g/mol. The number of hydrogen-bond donors (Lipinski definition) is 0. The summed E-state index contributed by atoms with van der Waals surface area (Å²) in [6.45, 7) is 3.65. The number of rotatable bonds is 4. The highest BCUT2D eigenvalue weighted by atomic mass is 16.5. The number of ether oxygens (including phenoxy) is 3. The molecule has 1 aromatic carbocycles. The number of nitrogens with zero attached hydrogens (tertiary/aromatic N) is 2. The molecule has 138 valence electrons. The van der Waals surface area contributed by atoms with Crippen LogP contribution in [0.2, 0.25) is 0 Å². The third-order valence-corrected chi connectivity index (χ3v) is 5.18. The molecule has 6 nitrogen and oxygen atoms in total. The van der Waals surface area contributed by atoms with Gasteiger partial charge >= 0.3 is 0 Å². The number of carbonyl (C=O) groups excluding carboxylic acids is 1. The number of likely N-dealkylation sites (N-methyl/N-ethyl adjacent to an activating group) is 1. The Morgan fingerprint density at radius 1 is 1.16 bits per heavy atom. The van der Waals surface area contributed by atoms with Crippen LogP contribution < -0.4 is 9.47 Å². The fourth-order valence-corrected chi connectivity index (χ4v) is 3.82. The smallest absolute Gasteiger partial charge is 0.255 e. The van der Waals surface area contributed by atoms with Crippen molar-refractivity contribution < 1.29 is 19.0 Å². The molecule has 2 heterocycles. The average Bonchev–Trinajstić information content (AvgIpc) is 2.76. The van der Waals surface area contributed by atoms with E-state index in [4.69, 9.17) is 14.2 Å². The molecule has 0 saturated carbocycles. The molecule has 1 amide bonds. The molecule has 3 rings (SSSR count). The van der Waals surface area contributed by atoms with Crippen molar-refractivity contribution in [3.05, 3.63) is 23.8 Å². The molecule has 0 N–H and O–H groups in total. The summed E-state index contributed by atoms with van der Waals surface area (Å²) in [5, 5.41) is 0. The van der Waals surface area contributed by atoms with Crippen LogP contribution in [0.25, 0.3) is 0 Å². The summed E-state index contributed by atoms with van der Waals surface area (Å²) in [5.74, 6) is 1.58. The molecular weight excluding hydrogens is 320 g/mol. The normalized spacial score (nSPS) is 25.1. The summed E-state index contributed by atoms with van der Waals surface area (Å²) in [6.07, 6.45) is 2.88. The Morgan fingerprint density at radius 3 is 2.72 bits per heavy atom. The van der Waals surface area contributed by atoms with E-state index in [1.807, 2.05) is 30.1 Å². The van der Waals surface area contributed by atoms with Gasteiger partial charge < -0.3 is 19.1 Å². The molecule has 6 heteroatoms. The molecular formula is C19H28N2O4. The van der Waals surface area contributed by atoms with Gasteiger partial charge in [0.25, 0.3) is 5.91 Å². The first kappa shape index (κ1) is 18.0. The molecule has 2 saturated heterocycles. The molecule has 25 heavy (non-hydrogen) atoms. The lowest BCUT2D eigenvalue weighted by Gasteiger charge is -2.42. The van der Waals surface area contributed by atoms with Crippen molar-refractivity contribution in [3.8, 4) is 11.5 Å². The lowest BCUT2D eigenvalue weighted by Crippen LogP contribution is -2.59. The van der Waals surface area contributed by atoms with Crippen LogP contribution in [0.4, 0.5) is 0 Å². The van der Waals surface area contributed by atoms with Gasteiger partial charge in [-0.25, -0.2) is 0 Å². The molecule has 1 spiro atoms. The summed E-state index contributed by atoms with van der Waals surface area (Å²) in [7, 11) is 5.16. The maximum atomic E-state index is 12.8. The standard InChI is InChI=1S/C19H28N2O4/c1-20-9-5-4-8-19(18(20)22)14-21(10-11-25-19)13-15-6-7-16(23-2)17(12-15)24-3/h6-7,12H,4-5,8-11,13-14H2,1-3H3. The Labute approximate surface area is 149 Å². The Bertz CT molecular complexity index is 621. The predicted molar refractivity (Wildman–Crippen MR) is 95.0 cm³/mol. The van der Waals surface area contributed by atoms with Gasteiger partial charge in [0.15, 0.2) is 17.1 Å². The van der Waals surface area contributed by atoms with Crippen molar-refractivity contribution in [2.24, 2.45) is 0 Å². The van der Waals surface area contributed by atoms with Crippen LogP contribution in [0.15, 0.2) is 18.2 Å². The van der Waals surface area contributed by atoms with E-state index in [1.54, 1.807) is 14.2 Å². The quantitative estimate of drug-likeness (QED) is 0.832. The molecule has 2 aliphatic heterocycles. The molecule has 0 aliphatic carbocycles. The second-order valence-electron chi connectivity index (χ2n) is 6.93. The molecule has 0 bridgehead atoms. The van der Waals surface area contributed by atoms with E-state index >= 15 is 0 Å². The molecule has 2 fully saturated rings. The van der Waals surface area contributed by atoms with Crippen LogP contribution in [0.5, 0.6) is 11.5 Å². The van der Waals surface area contributed by atoms with Crippen molar-refractivity contribution >= 4 is 5.91 Å². The Kier molecular flexibility index (Phi) is 5.49. The van der Waals surface area contributed by atoms with E-state index in [9.17, 15) is 4.79 Å². The van der Waals surface area contributed by atoms with Gasteiger partial charge in [-0.3, -0.25) is 9.69 Å². The van der Waals surface area contributed by atoms with Crippen molar-refractivity contribution in [2.45, 2.75) is 31.4 Å². The van der Waals surface area contributed by atoms with Gasteiger partial charge in [-0.15, -0.1) is 0 Å². The second kappa shape index (κ2) is 7.62. The Hall–Kier alpha value is -1.79. The highest BCUT2D eigenvalue weighted by Crippen LogP contribution is 2.31. The molecule has 1 unspecified atom stereocenters. The predicted octanol–water partition coefficient (Wildman–Crippen LogP) is 1.92. The fourth-order valence-electron chi connectivity index (χ4n) is 3.82. The third kappa shape index (κ3) is 3.75. The summed E-state index contributed by atoms with van der Waals surface area (Å²) in [5.41, 5.74) is 0.462. The van der Waals surface area contributed by atoms with E-state index < -0.39 is 5.60 Å². The zero-order valence-electron chi connectivity index (χ0n) is 15.4. The largest absolute Gasteiger partial charge is 0.493 e. The monoisotopic (exact) mass is 348 g/mol. The van der Waals surface area contributed by atoms with E-state index in [2.05, 4.69) is 4.90 Å². The van der Waals surface area contributed by atoms with Crippen molar-refractivity contribution in [2.75, 3.05) is 47.5 Å². The van der Waals surface area contributed by atoms with E-state index in [0.29, 0.717) is 13.2 Å². The SMILES string of the molecule is COc1ccc(CN2CCOC3(CCCCN(C)C3=O)C2)cc1OC. The lowest BCUT2D eigenvalue weighted by molar-refractivity contribution is -0.169. The zero-order chi connectivity index (χ0) is 17.9. The minimum absolute atomic E-state index is 0.127. The maximum absolute atomic E-state index is 12.8. The van der Waals surface area contributed by atoms with Crippen LogP contribution >= 0.6 is 0 Å². The zero-order valence-corrected chi connectivity index (χ0v) is 15.4. The summed E-state index contributed by atoms with van der Waals surface area (Å²) >= 11 is 0. The van der Waals surface area contributed by atoms with Crippen molar-refractivity contribution in [3.63, 3.8) is 0 Å². The molecule has 2 aliphatic rings. The lowest BCUT2D eigenvalue weighted by atomic mass is 9.94. The summed E-state index contributed by atoms with van der Waals surface area (Å²) in [6, 6.07) is 5.97. The van der Waals surface area contributed by atoms with Crippen molar-refractivity contribution in [1.82, 2.24) is 9.80 Å². The Morgan fingerprint density at radius 2 is 1.96 bits per heavy atom. The van der Waals surface area contributed by atoms with Gasteiger partial charge in [0, 0.05) is 33.2 Å². The highest BCUT2D eigenvalue weighted by molar-refractivity contribution is 5.85. The number of benzene rings is 1. The molecule has 1 aromatic rings. The third-order valence-electron chi connectivity index (χ3n) is 5.18. The number of methoxy groups -OCH3 is 2. The minimum atomic E-state index is -0.680. The number of morpholine rings is 1. The number of likely N-dealkylation sites (tertiary alicyclic amines) is 1. The number of hydrogen-bond acceptors (Lipinski definition) is 5. The molecule has 1 atom stereocenters. The van der Waals surface area contributed by atoms with Gasteiger partial charge in [-0.2, -0.15) is 0 Å². The van der Waals surface area contributed by atoms with E-state index in [1.165, 1.54) is 0 Å². The van der Waals surface area contributed by atoms with Crippen LogP contribution in [0.3, 0.4) is 0 Å². The van der Waals surface area contributed by atoms with Crippen LogP contribution in [0.1, 0.15) is 24.8 Å². The van der Waals surface area contributed by atoms with E-state index in [-0.39, 0.29) is 5.91 Å². The van der Waals surface area contributed by atoms with Crippen LogP contribution in [0, 0.1) is 0 Å². The topological polar surface area (TPSA) is 51.2 Å². The second-order valence-corrected chi connectivity index (χ2v) is 6.93. The van der Waals surface area contributed by atoms with Gasteiger partial charge in [-0.1, -0.05) is 6.07 Å². The Balaban J connectivity index is 1.74. The van der Waals surface area contributed by atoms with Gasteiger partial charge in [0.1, 0.15) is 0 Å². The highest BCUT2D eigenvalue weighted by Gasteiger charge is 2.45. The summed E-state index contributed by atoms with van der Waals surface area (Å²) in [4.78, 5) is 17.0. The van der Waals surface area contributed by atoms with Crippen LogP contribution in [-0.4, -0.2) is 68.8 Å². The first-order valence-electron chi connectivity index (χ1n) is 8.91. The number of carbonyl (C=O) groups is 1. The van der Waals surface area contributed by atoms with E-state index in [0.717, 1.165) is 56.0 Å². The number of amides is 1. The minimum Gasteiger partial charge on any atom is -0.493 e. The fraction of sp³-hybridized carbons (Fsp3) is 0.632. The first-order chi connectivity index (χ1) is 12.1. The van der Waals surface area contributed by atoms with Gasteiger partial charge in [0.2, 0.25) is 0 Å². The van der Waals surface area contributed by atoms with Gasteiger partial charge in [0.05, 0.1) is 20.8 Å².